The van der Waals surface area contributed by atoms with Crippen LogP contribution in [0, 0.1) is 5.41 Å². The molecule has 3 N–H and O–H groups in total. The third-order valence-corrected chi connectivity index (χ3v) is 4.38. The van der Waals surface area contributed by atoms with Gasteiger partial charge in [-0.1, -0.05) is 6.42 Å². The highest BCUT2D eigenvalue weighted by atomic mass is 127. The Balaban J connectivity index is 0.00000180. The number of nitrogens with one attached hydrogen (secondary N) is 2. The first kappa shape index (κ1) is 17.0. The van der Waals surface area contributed by atoms with Gasteiger partial charge in [-0.3, -0.25) is 4.99 Å². The van der Waals surface area contributed by atoms with Crippen LogP contribution in [-0.2, 0) is 4.74 Å². The molecule has 5 nitrogen and oxygen atoms in total. The molecular weight excluding hydrogens is 357 g/mol. The average Bonchev–Trinajstić information content (AvgIpc) is 2.29. The molecule has 2 aliphatic rings. The van der Waals surface area contributed by atoms with Crippen molar-refractivity contribution in [2.45, 2.75) is 44.8 Å². The SMILES string of the molecule is CCOC1CC(NC(=NC)NCCO)C12CCC2.I. The molecule has 0 aliphatic heterocycles. The number of halogens is 1. The predicted octanol–water partition coefficient (Wildman–Crippen LogP) is 1.11. The summed E-state index contributed by atoms with van der Waals surface area (Å²) in [6.07, 6.45) is 5.31. The molecule has 1 spiro atoms. The molecule has 0 heterocycles. The third-order valence-electron chi connectivity index (χ3n) is 4.38. The number of aliphatic hydroxyl groups is 1. The van der Waals surface area contributed by atoms with E-state index < -0.39 is 0 Å². The van der Waals surface area contributed by atoms with E-state index in [-0.39, 0.29) is 30.6 Å². The molecule has 0 bridgehead atoms. The normalized spacial score (nSPS) is 28.1. The zero-order valence-electron chi connectivity index (χ0n) is 11.8. The monoisotopic (exact) mass is 383 g/mol. The highest BCUT2D eigenvalue weighted by Crippen LogP contribution is 2.57. The van der Waals surface area contributed by atoms with Crippen LogP contribution >= 0.6 is 24.0 Å². The fourth-order valence-corrected chi connectivity index (χ4v) is 3.17. The van der Waals surface area contributed by atoms with Gasteiger partial charge in [-0.05, 0) is 26.2 Å². The van der Waals surface area contributed by atoms with Crippen LogP contribution in [0.25, 0.3) is 0 Å². The summed E-state index contributed by atoms with van der Waals surface area (Å²) in [4.78, 5) is 4.18. The van der Waals surface area contributed by atoms with Crippen LogP contribution in [0.15, 0.2) is 4.99 Å². The summed E-state index contributed by atoms with van der Waals surface area (Å²) in [6.45, 7) is 3.53. The van der Waals surface area contributed by atoms with Crippen molar-refractivity contribution in [1.29, 1.82) is 0 Å². The Kier molecular flexibility index (Phi) is 6.82. The number of guanidine groups is 1. The van der Waals surface area contributed by atoms with E-state index in [1.165, 1.54) is 19.3 Å². The molecule has 2 saturated carbocycles. The number of aliphatic imine (C=N–C) groups is 1. The molecule has 0 aromatic carbocycles. The first-order valence-corrected chi connectivity index (χ1v) is 6.96. The molecule has 2 rings (SSSR count). The fraction of sp³-hybridized carbons (Fsp3) is 0.923. The second-order valence-electron chi connectivity index (χ2n) is 5.19. The molecule has 2 fully saturated rings. The van der Waals surface area contributed by atoms with Crippen LogP contribution in [0.5, 0.6) is 0 Å². The molecule has 0 saturated heterocycles. The van der Waals surface area contributed by atoms with E-state index >= 15 is 0 Å². The van der Waals surface area contributed by atoms with Crippen molar-refractivity contribution in [3.8, 4) is 0 Å². The number of nitrogens with zero attached hydrogens (tertiary/aromatic N) is 1. The van der Waals surface area contributed by atoms with Crippen molar-refractivity contribution < 1.29 is 9.84 Å². The highest BCUT2D eigenvalue weighted by Gasteiger charge is 2.59. The van der Waals surface area contributed by atoms with Crippen LogP contribution in [0.4, 0.5) is 0 Å². The largest absolute Gasteiger partial charge is 0.395 e. The maximum atomic E-state index is 8.82. The van der Waals surface area contributed by atoms with Crippen molar-refractivity contribution in [3.05, 3.63) is 0 Å². The summed E-state index contributed by atoms with van der Waals surface area (Å²) in [5.41, 5.74) is 0.340. The van der Waals surface area contributed by atoms with E-state index in [1.54, 1.807) is 7.05 Å². The Bertz CT molecular complexity index is 308. The minimum absolute atomic E-state index is 0. The van der Waals surface area contributed by atoms with Crippen LogP contribution in [0.3, 0.4) is 0 Å². The van der Waals surface area contributed by atoms with Gasteiger partial charge in [0.1, 0.15) is 0 Å². The Labute approximate surface area is 132 Å². The van der Waals surface area contributed by atoms with E-state index in [1.807, 2.05) is 0 Å². The van der Waals surface area contributed by atoms with Gasteiger partial charge in [0.15, 0.2) is 5.96 Å². The van der Waals surface area contributed by atoms with Gasteiger partial charge in [0.05, 0.1) is 12.7 Å². The first-order valence-electron chi connectivity index (χ1n) is 6.96. The molecule has 0 radical (unpaired) electrons. The van der Waals surface area contributed by atoms with Crippen molar-refractivity contribution in [2.24, 2.45) is 10.4 Å². The summed E-state index contributed by atoms with van der Waals surface area (Å²) in [6, 6.07) is 0.465. The maximum Gasteiger partial charge on any atom is 0.191 e. The van der Waals surface area contributed by atoms with Gasteiger partial charge in [0, 0.05) is 31.7 Å². The molecular formula is C13H26IN3O2. The summed E-state index contributed by atoms with van der Waals surface area (Å²) in [7, 11) is 1.76. The fourth-order valence-electron chi connectivity index (χ4n) is 3.17. The standard InChI is InChI=1S/C13H25N3O2.HI/c1-3-18-11-9-10(13(11)5-4-6-13)16-12(14-2)15-7-8-17;/h10-11,17H,3-9H2,1-2H3,(H2,14,15,16);1H. The Morgan fingerprint density at radius 2 is 2.21 bits per heavy atom. The third kappa shape index (κ3) is 3.33. The molecule has 6 heteroatoms. The lowest BCUT2D eigenvalue weighted by molar-refractivity contribution is -0.168. The van der Waals surface area contributed by atoms with Gasteiger partial charge in [-0.15, -0.1) is 24.0 Å². The summed E-state index contributed by atoms with van der Waals surface area (Å²) in [5, 5.41) is 15.4. The van der Waals surface area contributed by atoms with E-state index in [2.05, 4.69) is 22.5 Å². The van der Waals surface area contributed by atoms with Gasteiger partial charge in [-0.2, -0.15) is 0 Å². The minimum atomic E-state index is 0. The number of hydrogen-bond acceptors (Lipinski definition) is 3. The zero-order valence-corrected chi connectivity index (χ0v) is 14.1. The number of hydrogen-bond donors (Lipinski definition) is 3. The lowest BCUT2D eigenvalue weighted by Gasteiger charge is -2.61. The summed E-state index contributed by atoms with van der Waals surface area (Å²) in [5.74, 6) is 0.787. The Morgan fingerprint density at radius 1 is 1.47 bits per heavy atom. The minimum Gasteiger partial charge on any atom is -0.395 e. The lowest BCUT2D eigenvalue weighted by Crippen LogP contribution is -2.68. The molecule has 19 heavy (non-hydrogen) atoms. The summed E-state index contributed by atoms with van der Waals surface area (Å²) >= 11 is 0. The Hall–Kier alpha value is -0.0800. The number of rotatable bonds is 5. The van der Waals surface area contributed by atoms with Crippen molar-refractivity contribution in [2.75, 3.05) is 26.8 Å². The highest BCUT2D eigenvalue weighted by molar-refractivity contribution is 14.0. The topological polar surface area (TPSA) is 65.9 Å². The number of aliphatic hydroxyl groups excluding tert-OH is 1. The predicted molar refractivity (Wildman–Crippen MR) is 87.1 cm³/mol. The van der Waals surface area contributed by atoms with Crippen LogP contribution in [0.1, 0.15) is 32.6 Å². The van der Waals surface area contributed by atoms with Gasteiger partial charge < -0.3 is 20.5 Å². The average molecular weight is 383 g/mol. The van der Waals surface area contributed by atoms with E-state index in [0.29, 0.717) is 24.1 Å². The van der Waals surface area contributed by atoms with Crippen LogP contribution in [-0.4, -0.2) is 50.0 Å². The Morgan fingerprint density at radius 3 is 2.68 bits per heavy atom. The van der Waals surface area contributed by atoms with Gasteiger partial charge in [-0.25, -0.2) is 0 Å². The van der Waals surface area contributed by atoms with E-state index in [0.717, 1.165) is 19.0 Å². The molecule has 2 atom stereocenters. The van der Waals surface area contributed by atoms with Crippen molar-refractivity contribution in [3.63, 3.8) is 0 Å². The van der Waals surface area contributed by atoms with Gasteiger partial charge in [0.2, 0.25) is 0 Å². The second-order valence-corrected chi connectivity index (χ2v) is 5.19. The lowest BCUT2D eigenvalue weighted by atomic mass is 9.51. The molecule has 0 amide bonds. The van der Waals surface area contributed by atoms with E-state index in [4.69, 9.17) is 9.84 Å². The number of ether oxygens (including phenoxy) is 1. The van der Waals surface area contributed by atoms with Gasteiger partial charge in [0.25, 0.3) is 0 Å². The van der Waals surface area contributed by atoms with Crippen LogP contribution in [0.2, 0.25) is 0 Å². The molecule has 112 valence electrons. The smallest absolute Gasteiger partial charge is 0.191 e. The van der Waals surface area contributed by atoms with Crippen molar-refractivity contribution >= 4 is 29.9 Å². The van der Waals surface area contributed by atoms with Crippen LogP contribution < -0.4 is 10.6 Å². The second kappa shape index (κ2) is 7.64. The van der Waals surface area contributed by atoms with Crippen molar-refractivity contribution in [1.82, 2.24) is 10.6 Å². The zero-order chi connectivity index (χ0) is 13.0. The van der Waals surface area contributed by atoms with Gasteiger partial charge >= 0.3 is 0 Å². The molecule has 2 aliphatic carbocycles. The quantitative estimate of drug-likeness (QED) is 0.378. The summed E-state index contributed by atoms with van der Waals surface area (Å²) < 4.78 is 5.82. The maximum absolute atomic E-state index is 8.82. The first-order chi connectivity index (χ1) is 8.76. The molecule has 2 unspecified atom stereocenters. The molecule has 0 aromatic rings. The van der Waals surface area contributed by atoms with E-state index in [9.17, 15) is 0 Å². The molecule has 0 aromatic heterocycles.